The van der Waals surface area contributed by atoms with Crippen molar-refractivity contribution in [3.05, 3.63) is 41.0 Å². The minimum Gasteiger partial charge on any atom is -0.348 e. The van der Waals surface area contributed by atoms with Crippen LogP contribution in [0.15, 0.2) is 24.3 Å². The lowest BCUT2D eigenvalue weighted by molar-refractivity contribution is 0.0966. The third-order valence-electron chi connectivity index (χ3n) is 2.46. The smallest absolute Gasteiger partial charge is 0.251 e. The van der Waals surface area contributed by atoms with Crippen LogP contribution in [0.25, 0.3) is 6.08 Å². The summed E-state index contributed by atoms with van der Waals surface area (Å²) in [5.41, 5.74) is 3.08. The van der Waals surface area contributed by atoms with E-state index in [9.17, 15) is 4.79 Å². The Bertz CT molecular complexity index is 412. The maximum absolute atomic E-state index is 11.4. The molecule has 0 radical (unpaired) electrons. The number of halogens is 1. The van der Waals surface area contributed by atoms with Crippen molar-refractivity contribution in [3.63, 3.8) is 0 Å². The molecule has 3 heteroatoms. The van der Waals surface area contributed by atoms with E-state index < -0.39 is 0 Å². The molecule has 2 rings (SSSR count). The molecule has 1 N–H and O–H groups in total. The van der Waals surface area contributed by atoms with Gasteiger partial charge in [0.1, 0.15) is 0 Å². The highest BCUT2D eigenvalue weighted by atomic mass is 79.9. The van der Waals surface area contributed by atoms with Crippen molar-refractivity contribution < 1.29 is 4.79 Å². The Morgan fingerprint density at radius 2 is 2.33 bits per heavy atom. The molecule has 2 nitrogen and oxygen atoms in total. The normalized spacial score (nSPS) is 14.3. The fourth-order valence-corrected chi connectivity index (χ4v) is 1.97. The van der Waals surface area contributed by atoms with Crippen molar-refractivity contribution in [1.29, 1.82) is 0 Å². The second-order valence-corrected chi connectivity index (χ2v) is 4.23. The van der Waals surface area contributed by atoms with E-state index in [1.165, 1.54) is 0 Å². The van der Waals surface area contributed by atoms with Crippen LogP contribution < -0.4 is 5.32 Å². The summed E-state index contributed by atoms with van der Waals surface area (Å²) in [5, 5.41) is 3.80. The number of allylic oxidation sites excluding steroid dienone is 1. The van der Waals surface area contributed by atoms with E-state index in [4.69, 9.17) is 0 Å². The number of hydrogen-bond donors (Lipinski definition) is 1. The lowest BCUT2D eigenvalue weighted by Gasteiger charge is -2.00. The van der Waals surface area contributed by atoms with Crippen LogP contribution in [-0.4, -0.2) is 11.2 Å². The van der Waals surface area contributed by atoms with E-state index in [0.29, 0.717) is 6.54 Å². The van der Waals surface area contributed by atoms with Crippen LogP contribution in [0.2, 0.25) is 0 Å². The monoisotopic (exact) mass is 265 g/mol. The predicted octanol–water partition coefficient (Wildman–Crippen LogP) is 2.73. The SMILES string of the molecule is O=C1NCc2c(C=CCCBr)cccc21. The van der Waals surface area contributed by atoms with Crippen molar-refractivity contribution in [3.8, 4) is 0 Å². The third kappa shape index (κ3) is 2.12. The molecular formula is C12H12BrNO. The lowest BCUT2D eigenvalue weighted by Crippen LogP contribution is -2.12. The Hall–Kier alpha value is -1.09. The van der Waals surface area contributed by atoms with Gasteiger partial charge in [-0.2, -0.15) is 0 Å². The highest BCUT2D eigenvalue weighted by molar-refractivity contribution is 9.09. The molecule has 0 atom stereocenters. The van der Waals surface area contributed by atoms with Gasteiger partial charge in [-0.3, -0.25) is 4.79 Å². The van der Waals surface area contributed by atoms with Crippen LogP contribution >= 0.6 is 15.9 Å². The Kier molecular flexibility index (Phi) is 3.21. The van der Waals surface area contributed by atoms with Gasteiger partial charge in [0, 0.05) is 17.4 Å². The second-order valence-electron chi connectivity index (χ2n) is 3.44. The number of carbonyl (C=O) groups excluding carboxylic acids is 1. The van der Waals surface area contributed by atoms with E-state index in [0.717, 1.165) is 28.4 Å². The summed E-state index contributed by atoms with van der Waals surface area (Å²) in [6.45, 7) is 0.656. The minimum atomic E-state index is 0.0424. The largest absolute Gasteiger partial charge is 0.348 e. The van der Waals surface area contributed by atoms with E-state index in [1.807, 2.05) is 18.2 Å². The van der Waals surface area contributed by atoms with E-state index in [2.05, 4.69) is 33.4 Å². The molecule has 0 spiro atoms. The summed E-state index contributed by atoms with van der Waals surface area (Å²) in [6.07, 6.45) is 5.21. The van der Waals surface area contributed by atoms with Gasteiger partial charge in [0.15, 0.2) is 0 Å². The van der Waals surface area contributed by atoms with Gasteiger partial charge in [-0.25, -0.2) is 0 Å². The van der Waals surface area contributed by atoms with Crippen molar-refractivity contribution in [1.82, 2.24) is 5.32 Å². The Labute approximate surface area is 97.5 Å². The fraction of sp³-hybridized carbons (Fsp3) is 0.250. The molecule has 1 aromatic carbocycles. The van der Waals surface area contributed by atoms with Crippen LogP contribution in [0.3, 0.4) is 0 Å². The molecule has 0 saturated carbocycles. The van der Waals surface area contributed by atoms with Crippen LogP contribution in [-0.2, 0) is 6.54 Å². The summed E-state index contributed by atoms with van der Waals surface area (Å²) < 4.78 is 0. The quantitative estimate of drug-likeness (QED) is 0.837. The molecule has 0 saturated heterocycles. The van der Waals surface area contributed by atoms with Gasteiger partial charge in [-0.15, -0.1) is 0 Å². The summed E-state index contributed by atoms with van der Waals surface area (Å²) in [6, 6.07) is 5.85. The number of hydrogen-bond acceptors (Lipinski definition) is 1. The molecule has 1 amide bonds. The maximum atomic E-state index is 11.4. The molecule has 0 unspecified atom stereocenters. The molecule has 1 aliphatic heterocycles. The number of carbonyl (C=O) groups is 1. The van der Waals surface area contributed by atoms with E-state index >= 15 is 0 Å². The molecule has 78 valence electrons. The Balaban J connectivity index is 2.30. The number of fused-ring (bicyclic) bond motifs is 1. The highest BCUT2D eigenvalue weighted by Gasteiger charge is 2.19. The Morgan fingerprint density at radius 3 is 3.13 bits per heavy atom. The molecule has 1 heterocycles. The van der Waals surface area contributed by atoms with Crippen LogP contribution in [0.4, 0.5) is 0 Å². The fourth-order valence-electron chi connectivity index (χ4n) is 1.71. The first-order chi connectivity index (χ1) is 7.33. The van der Waals surface area contributed by atoms with Gasteiger partial charge in [0.2, 0.25) is 0 Å². The van der Waals surface area contributed by atoms with Gasteiger partial charge in [0.05, 0.1) is 0 Å². The van der Waals surface area contributed by atoms with Gasteiger partial charge >= 0.3 is 0 Å². The summed E-state index contributed by atoms with van der Waals surface area (Å²) in [5.74, 6) is 0.0424. The second kappa shape index (κ2) is 4.62. The number of amides is 1. The molecule has 0 fully saturated rings. The first-order valence-corrected chi connectivity index (χ1v) is 6.07. The van der Waals surface area contributed by atoms with Crippen molar-refractivity contribution >= 4 is 27.9 Å². The average molecular weight is 266 g/mol. The first kappa shape index (κ1) is 10.4. The molecule has 1 aliphatic rings. The summed E-state index contributed by atoms with van der Waals surface area (Å²) in [7, 11) is 0. The van der Waals surface area contributed by atoms with E-state index in [-0.39, 0.29) is 5.91 Å². The zero-order valence-electron chi connectivity index (χ0n) is 8.29. The number of benzene rings is 1. The van der Waals surface area contributed by atoms with Crippen molar-refractivity contribution in [2.45, 2.75) is 13.0 Å². The maximum Gasteiger partial charge on any atom is 0.251 e. The number of rotatable bonds is 3. The average Bonchev–Trinajstić information content (AvgIpc) is 2.62. The lowest BCUT2D eigenvalue weighted by atomic mass is 10.0. The van der Waals surface area contributed by atoms with Crippen molar-refractivity contribution in [2.24, 2.45) is 0 Å². The standard InChI is InChI=1S/C12H12BrNO/c13-7-2-1-4-9-5-3-6-10-11(9)8-14-12(10)15/h1,3-6H,2,7-8H2,(H,14,15). The van der Waals surface area contributed by atoms with Gasteiger partial charge in [-0.1, -0.05) is 40.2 Å². The topological polar surface area (TPSA) is 29.1 Å². The molecule has 0 aromatic heterocycles. The predicted molar refractivity (Wildman–Crippen MR) is 65.1 cm³/mol. The number of nitrogens with one attached hydrogen (secondary N) is 1. The van der Waals surface area contributed by atoms with Gasteiger partial charge in [-0.05, 0) is 23.6 Å². The van der Waals surface area contributed by atoms with Crippen LogP contribution in [0.5, 0.6) is 0 Å². The molecule has 0 bridgehead atoms. The van der Waals surface area contributed by atoms with Gasteiger partial charge in [0.25, 0.3) is 5.91 Å². The van der Waals surface area contributed by atoms with Crippen LogP contribution in [0.1, 0.15) is 27.9 Å². The summed E-state index contributed by atoms with van der Waals surface area (Å²) >= 11 is 3.38. The molecular weight excluding hydrogens is 254 g/mol. The van der Waals surface area contributed by atoms with Crippen molar-refractivity contribution in [2.75, 3.05) is 5.33 Å². The molecule has 15 heavy (non-hydrogen) atoms. The molecule has 1 aromatic rings. The van der Waals surface area contributed by atoms with E-state index in [1.54, 1.807) is 0 Å². The zero-order chi connectivity index (χ0) is 10.7. The highest BCUT2D eigenvalue weighted by Crippen LogP contribution is 2.21. The van der Waals surface area contributed by atoms with Gasteiger partial charge < -0.3 is 5.32 Å². The first-order valence-electron chi connectivity index (χ1n) is 4.95. The zero-order valence-corrected chi connectivity index (χ0v) is 9.88. The van der Waals surface area contributed by atoms with Crippen LogP contribution in [0, 0.1) is 0 Å². The molecule has 0 aliphatic carbocycles. The Morgan fingerprint density at radius 1 is 1.47 bits per heavy atom. The third-order valence-corrected chi connectivity index (χ3v) is 2.91. The number of alkyl halides is 1. The summed E-state index contributed by atoms with van der Waals surface area (Å²) in [4.78, 5) is 11.4. The minimum absolute atomic E-state index is 0.0424.